The van der Waals surface area contributed by atoms with E-state index < -0.39 is 12.0 Å². The van der Waals surface area contributed by atoms with Crippen molar-refractivity contribution in [2.75, 3.05) is 0 Å². The number of carboxylic acid groups (broad SMARTS) is 1. The fraction of sp³-hybridized carbons (Fsp3) is 0.133. The Morgan fingerprint density at radius 1 is 1.17 bits per heavy atom. The summed E-state index contributed by atoms with van der Waals surface area (Å²) >= 11 is 6.13. The van der Waals surface area contributed by atoms with E-state index in [1.165, 1.54) is 12.1 Å². The average molecular weight is 673 g/mol. The number of carboxylic acids is 1. The molecule has 5 nitrogen and oxygen atoms in total. The Bertz CT molecular complexity index is 704. The standard InChI is InChI=1S/C15H12I3NO4.Na/c16-10-5-8(20)6-11(17)14(10)23-9-3-1-7(2-4-9)12(18)13(19)15(21)22;/h1-6,12-13,20H,19H2,(H,21,22);/q;+1/p-1/t12?,13-;/m1./s1. The number of halogens is 3. The summed E-state index contributed by atoms with van der Waals surface area (Å²) in [7, 11) is 0. The molecule has 0 saturated heterocycles. The fourth-order valence-electron chi connectivity index (χ4n) is 1.80. The van der Waals surface area contributed by atoms with Crippen molar-refractivity contribution in [3.63, 3.8) is 0 Å². The molecule has 2 rings (SSSR count). The van der Waals surface area contributed by atoms with E-state index in [1.54, 1.807) is 24.3 Å². The molecule has 9 heteroatoms. The first-order valence-electron chi connectivity index (χ1n) is 6.36. The molecule has 0 saturated carbocycles. The van der Waals surface area contributed by atoms with Gasteiger partial charge in [0.05, 0.1) is 11.1 Å². The van der Waals surface area contributed by atoms with E-state index >= 15 is 0 Å². The van der Waals surface area contributed by atoms with Gasteiger partial charge in [-0.25, -0.2) is 0 Å². The SMILES string of the molecule is N[C@@H](C(=O)O)C(I)c1ccc(Oc2c(I)cc([O-])cc2I)cc1.[Na+]. The monoisotopic (exact) mass is 673 g/mol. The van der Waals surface area contributed by atoms with Crippen molar-refractivity contribution in [2.45, 2.75) is 9.97 Å². The van der Waals surface area contributed by atoms with Crippen molar-refractivity contribution < 1.29 is 49.3 Å². The smallest absolute Gasteiger partial charge is 0.872 e. The maximum absolute atomic E-state index is 11.4. The molecule has 0 aliphatic heterocycles. The summed E-state index contributed by atoms with van der Waals surface area (Å²) in [4.78, 5) is 10.9. The molecule has 24 heavy (non-hydrogen) atoms. The third-order valence-electron chi connectivity index (χ3n) is 2.99. The Morgan fingerprint density at radius 2 is 1.67 bits per heavy atom. The third-order valence-corrected chi connectivity index (χ3v) is 6.09. The van der Waals surface area contributed by atoms with E-state index in [0.29, 0.717) is 11.5 Å². The molecule has 2 aromatic carbocycles. The predicted molar refractivity (Wildman–Crippen MR) is 110 cm³/mol. The minimum atomic E-state index is -1.04. The number of rotatable bonds is 5. The van der Waals surface area contributed by atoms with Crippen LogP contribution in [0.5, 0.6) is 17.2 Å². The Morgan fingerprint density at radius 3 is 2.12 bits per heavy atom. The van der Waals surface area contributed by atoms with Gasteiger partial charge in [0.1, 0.15) is 11.8 Å². The number of benzene rings is 2. The van der Waals surface area contributed by atoms with Crippen LogP contribution in [0.1, 0.15) is 9.49 Å². The van der Waals surface area contributed by atoms with E-state index in [2.05, 4.69) is 45.2 Å². The number of hydrogen-bond donors (Lipinski definition) is 2. The van der Waals surface area contributed by atoms with Gasteiger partial charge in [0.25, 0.3) is 0 Å². The summed E-state index contributed by atoms with van der Waals surface area (Å²) in [6.45, 7) is 0. The van der Waals surface area contributed by atoms with Crippen LogP contribution in [0.3, 0.4) is 0 Å². The first-order valence-corrected chi connectivity index (χ1v) is 9.76. The molecule has 0 heterocycles. The number of alkyl halides is 1. The van der Waals surface area contributed by atoms with Crippen LogP contribution >= 0.6 is 67.8 Å². The van der Waals surface area contributed by atoms with Gasteiger partial charge in [0.15, 0.2) is 5.75 Å². The van der Waals surface area contributed by atoms with Crippen LogP contribution in [-0.2, 0) is 4.79 Å². The molecular formula is C15H11I3NNaO4. The number of nitrogens with two attached hydrogens (primary N) is 1. The van der Waals surface area contributed by atoms with Crippen molar-refractivity contribution in [2.24, 2.45) is 5.73 Å². The van der Waals surface area contributed by atoms with Crippen LogP contribution in [0.25, 0.3) is 0 Å². The largest absolute Gasteiger partial charge is 1.00 e. The second-order valence-corrected chi connectivity index (χ2v) is 8.32. The molecule has 0 aromatic heterocycles. The molecule has 0 aliphatic carbocycles. The zero-order chi connectivity index (χ0) is 17.1. The van der Waals surface area contributed by atoms with Gasteiger partial charge in [-0.1, -0.05) is 46.9 Å². The van der Waals surface area contributed by atoms with Crippen molar-refractivity contribution in [3.05, 3.63) is 49.1 Å². The summed E-state index contributed by atoms with van der Waals surface area (Å²) in [6.07, 6.45) is 0. The Kier molecular flexibility index (Phi) is 9.57. The molecule has 0 fully saturated rings. The predicted octanol–water partition coefficient (Wildman–Crippen LogP) is 0.654. The first kappa shape index (κ1) is 22.7. The maximum Gasteiger partial charge on any atom is 1.00 e. The van der Waals surface area contributed by atoms with Crippen LogP contribution in [-0.4, -0.2) is 17.1 Å². The summed E-state index contributed by atoms with van der Waals surface area (Å²) in [5.41, 5.74) is 6.45. The molecule has 0 bridgehead atoms. The number of ether oxygens (including phenoxy) is 1. The zero-order valence-electron chi connectivity index (χ0n) is 12.5. The minimum absolute atomic E-state index is 0. The van der Waals surface area contributed by atoms with Crippen molar-refractivity contribution in [1.29, 1.82) is 0 Å². The molecule has 122 valence electrons. The quantitative estimate of drug-likeness (QED) is 0.277. The summed E-state index contributed by atoms with van der Waals surface area (Å²) in [6, 6.07) is 9.15. The van der Waals surface area contributed by atoms with Gasteiger partial charge in [-0.05, 0) is 62.9 Å². The van der Waals surface area contributed by atoms with Gasteiger partial charge in [0.2, 0.25) is 0 Å². The van der Waals surface area contributed by atoms with Gasteiger partial charge < -0.3 is 20.7 Å². The summed E-state index contributed by atoms with van der Waals surface area (Å²) in [5.74, 6) is 0.144. The first-order chi connectivity index (χ1) is 10.8. The maximum atomic E-state index is 11.4. The Balaban J connectivity index is 0.00000288. The summed E-state index contributed by atoms with van der Waals surface area (Å²) < 4.78 is 6.98. The van der Waals surface area contributed by atoms with Gasteiger partial charge >= 0.3 is 35.5 Å². The van der Waals surface area contributed by atoms with Crippen LogP contribution < -0.4 is 45.1 Å². The molecule has 2 aromatic rings. The van der Waals surface area contributed by atoms with E-state index in [1.807, 2.05) is 22.6 Å². The average Bonchev–Trinajstić information content (AvgIpc) is 2.50. The van der Waals surface area contributed by atoms with E-state index in [-0.39, 0.29) is 39.2 Å². The molecular weight excluding hydrogens is 662 g/mol. The second-order valence-electron chi connectivity index (χ2n) is 4.65. The number of hydrogen-bond acceptors (Lipinski definition) is 4. The molecule has 2 atom stereocenters. The van der Waals surface area contributed by atoms with Gasteiger partial charge in [0, 0.05) is 0 Å². The van der Waals surface area contributed by atoms with Crippen molar-refractivity contribution >= 4 is 73.7 Å². The van der Waals surface area contributed by atoms with E-state index in [0.717, 1.165) is 12.7 Å². The molecule has 0 aliphatic rings. The minimum Gasteiger partial charge on any atom is -0.872 e. The molecule has 0 radical (unpaired) electrons. The second kappa shape index (κ2) is 10.1. The van der Waals surface area contributed by atoms with Crippen molar-refractivity contribution in [1.82, 2.24) is 0 Å². The van der Waals surface area contributed by atoms with Gasteiger partial charge in [-0.15, -0.1) is 5.75 Å². The Labute approximate surface area is 202 Å². The Hall–Kier alpha value is 0.660. The van der Waals surface area contributed by atoms with Crippen molar-refractivity contribution in [3.8, 4) is 17.2 Å². The molecule has 0 spiro atoms. The summed E-state index contributed by atoms with van der Waals surface area (Å²) in [5, 5.41) is 20.4. The van der Waals surface area contributed by atoms with Gasteiger partial charge in [-0.3, -0.25) is 4.79 Å². The van der Waals surface area contributed by atoms with Gasteiger partial charge in [-0.2, -0.15) is 0 Å². The topological polar surface area (TPSA) is 95.6 Å². The van der Waals surface area contributed by atoms with Crippen LogP contribution in [0.2, 0.25) is 0 Å². The van der Waals surface area contributed by atoms with E-state index in [4.69, 9.17) is 15.6 Å². The zero-order valence-corrected chi connectivity index (χ0v) is 21.0. The van der Waals surface area contributed by atoms with E-state index in [9.17, 15) is 9.90 Å². The molecule has 0 amide bonds. The van der Waals surface area contributed by atoms with Crippen LogP contribution in [0, 0.1) is 7.14 Å². The van der Waals surface area contributed by atoms with Crippen LogP contribution in [0.4, 0.5) is 0 Å². The third kappa shape index (κ3) is 5.84. The molecule has 1 unspecified atom stereocenters. The number of aliphatic carboxylic acids is 1. The molecule has 3 N–H and O–H groups in total. The van der Waals surface area contributed by atoms with Crippen LogP contribution in [0.15, 0.2) is 36.4 Å². The normalized spacial score (nSPS) is 12.8. The number of carbonyl (C=O) groups is 1. The fourth-order valence-corrected chi connectivity index (χ4v) is 4.46.